The predicted octanol–water partition coefficient (Wildman–Crippen LogP) is 1.61. The molecule has 2 fully saturated rings. The van der Waals surface area contributed by atoms with Gasteiger partial charge >= 0.3 is 5.97 Å². The Morgan fingerprint density at radius 2 is 2.05 bits per heavy atom. The third kappa shape index (κ3) is 2.80. The van der Waals surface area contributed by atoms with Crippen LogP contribution in [0.5, 0.6) is 0 Å². The number of rotatable bonds is 4. The van der Waals surface area contributed by atoms with Gasteiger partial charge in [0, 0.05) is 18.5 Å². The van der Waals surface area contributed by atoms with Gasteiger partial charge in [-0.2, -0.15) is 0 Å². The molecule has 2 unspecified atom stereocenters. The molecule has 19 heavy (non-hydrogen) atoms. The maximum absolute atomic E-state index is 10.9. The van der Waals surface area contributed by atoms with Crippen molar-refractivity contribution in [3.05, 3.63) is 35.4 Å². The molecule has 2 saturated heterocycles. The highest BCUT2D eigenvalue weighted by molar-refractivity contribution is 5.70. The smallest absolute Gasteiger partial charge is 0.307 e. The van der Waals surface area contributed by atoms with Crippen molar-refractivity contribution in [2.45, 2.75) is 18.9 Å². The highest BCUT2D eigenvalue weighted by Gasteiger charge is 2.30. The Morgan fingerprint density at radius 3 is 2.58 bits per heavy atom. The topological polar surface area (TPSA) is 58.6 Å². The molecule has 2 aliphatic heterocycles. The molecule has 0 amide bonds. The highest BCUT2D eigenvalue weighted by atomic mass is 16.5. The van der Waals surface area contributed by atoms with E-state index in [4.69, 9.17) is 9.84 Å². The number of carboxylic acids is 1. The second kappa shape index (κ2) is 5.31. The van der Waals surface area contributed by atoms with Crippen molar-refractivity contribution in [3.63, 3.8) is 0 Å². The van der Waals surface area contributed by atoms with Crippen molar-refractivity contribution in [1.82, 2.24) is 5.32 Å². The minimum atomic E-state index is -0.698. The number of carbonyl (C=O) groups is 1. The Hall–Kier alpha value is -1.39. The lowest BCUT2D eigenvalue weighted by molar-refractivity contribution is -0.141. The standard InChI is InChI=1S/C15H19NO3/c17-15(18)13-6-14(16-7-13)12-3-1-10(2-4-12)5-11-8-19-9-11/h1-4,11,13-14,16H,5-9H2,(H,17,18). The quantitative estimate of drug-likeness (QED) is 0.864. The second-order valence-electron chi connectivity index (χ2n) is 5.58. The molecule has 102 valence electrons. The molecular formula is C15H19NO3. The van der Waals surface area contributed by atoms with Gasteiger partial charge in [-0.3, -0.25) is 4.79 Å². The zero-order chi connectivity index (χ0) is 13.2. The van der Waals surface area contributed by atoms with E-state index in [2.05, 4.69) is 29.6 Å². The predicted molar refractivity (Wildman–Crippen MR) is 70.9 cm³/mol. The van der Waals surface area contributed by atoms with E-state index >= 15 is 0 Å². The van der Waals surface area contributed by atoms with Gasteiger partial charge in [0.15, 0.2) is 0 Å². The molecule has 1 aromatic carbocycles. The molecule has 2 aliphatic rings. The van der Waals surface area contributed by atoms with Crippen LogP contribution in [0, 0.1) is 11.8 Å². The Labute approximate surface area is 112 Å². The summed E-state index contributed by atoms with van der Waals surface area (Å²) in [5.74, 6) is -0.278. The average Bonchev–Trinajstić information content (AvgIpc) is 2.84. The van der Waals surface area contributed by atoms with E-state index in [1.54, 1.807) is 0 Å². The van der Waals surface area contributed by atoms with Gasteiger partial charge in [0.05, 0.1) is 19.1 Å². The Balaban J connectivity index is 1.61. The van der Waals surface area contributed by atoms with Gasteiger partial charge < -0.3 is 15.2 Å². The van der Waals surface area contributed by atoms with Gasteiger partial charge in [-0.05, 0) is 24.0 Å². The fraction of sp³-hybridized carbons (Fsp3) is 0.533. The number of benzene rings is 1. The Kier molecular flexibility index (Phi) is 3.53. The van der Waals surface area contributed by atoms with E-state index < -0.39 is 5.97 Å². The minimum Gasteiger partial charge on any atom is -0.481 e. The van der Waals surface area contributed by atoms with Crippen LogP contribution in [-0.4, -0.2) is 30.8 Å². The first-order valence-corrected chi connectivity index (χ1v) is 6.85. The first-order chi connectivity index (χ1) is 9.22. The van der Waals surface area contributed by atoms with Crippen LogP contribution < -0.4 is 5.32 Å². The Morgan fingerprint density at radius 1 is 1.32 bits per heavy atom. The molecule has 0 saturated carbocycles. The van der Waals surface area contributed by atoms with Crippen LogP contribution in [0.2, 0.25) is 0 Å². The average molecular weight is 261 g/mol. The van der Waals surface area contributed by atoms with Gasteiger partial charge in [0.2, 0.25) is 0 Å². The second-order valence-corrected chi connectivity index (χ2v) is 5.58. The number of nitrogens with one attached hydrogen (secondary N) is 1. The first-order valence-electron chi connectivity index (χ1n) is 6.85. The number of carboxylic acid groups (broad SMARTS) is 1. The van der Waals surface area contributed by atoms with Crippen molar-refractivity contribution in [3.8, 4) is 0 Å². The van der Waals surface area contributed by atoms with Crippen LogP contribution in [0.1, 0.15) is 23.6 Å². The largest absolute Gasteiger partial charge is 0.481 e. The van der Waals surface area contributed by atoms with Crippen LogP contribution in [-0.2, 0) is 16.0 Å². The van der Waals surface area contributed by atoms with Crippen molar-refractivity contribution >= 4 is 5.97 Å². The third-order valence-corrected chi connectivity index (χ3v) is 4.09. The summed E-state index contributed by atoms with van der Waals surface area (Å²) in [6, 6.07) is 8.74. The zero-order valence-electron chi connectivity index (χ0n) is 10.8. The van der Waals surface area contributed by atoms with Gasteiger partial charge in [-0.1, -0.05) is 24.3 Å². The van der Waals surface area contributed by atoms with Crippen LogP contribution >= 0.6 is 0 Å². The molecule has 2 N–H and O–H groups in total. The summed E-state index contributed by atoms with van der Waals surface area (Å²) in [5, 5.41) is 12.3. The summed E-state index contributed by atoms with van der Waals surface area (Å²) < 4.78 is 5.18. The summed E-state index contributed by atoms with van der Waals surface area (Å²) in [6.07, 6.45) is 1.77. The fourth-order valence-electron chi connectivity index (χ4n) is 2.80. The van der Waals surface area contributed by atoms with E-state index in [1.165, 1.54) is 11.1 Å². The van der Waals surface area contributed by atoms with E-state index in [1.807, 2.05) is 0 Å². The van der Waals surface area contributed by atoms with Crippen LogP contribution in [0.3, 0.4) is 0 Å². The maximum atomic E-state index is 10.9. The summed E-state index contributed by atoms with van der Waals surface area (Å²) in [6.45, 7) is 2.33. The molecule has 1 aromatic rings. The SMILES string of the molecule is O=C(O)C1CNC(c2ccc(CC3COC3)cc2)C1. The molecule has 4 heteroatoms. The van der Waals surface area contributed by atoms with Gasteiger partial charge in [0.1, 0.15) is 0 Å². The number of hydrogen-bond acceptors (Lipinski definition) is 3. The molecular weight excluding hydrogens is 242 g/mol. The Bertz CT molecular complexity index is 453. The lowest BCUT2D eigenvalue weighted by atomic mass is 9.95. The molecule has 2 atom stereocenters. The maximum Gasteiger partial charge on any atom is 0.307 e. The van der Waals surface area contributed by atoms with Crippen molar-refractivity contribution in [2.75, 3.05) is 19.8 Å². The number of aliphatic carboxylic acids is 1. The van der Waals surface area contributed by atoms with E-state index in [0.29, 0.717) is 18.9 Å². The van der Waals surface area contributed by atoms with E-state index in [-0.39, 0.29) is 12.0 Å². The van der Waals surface area contributed by atoms with Crippen LogP contribution in [0.25, 0.3) is 0 Å². The van der Waals surface area contributed by atoms with Crippen molar-refractivity contribution < 1.29 is 14.6 Å². The van der Waals surface area contributed by atoms with Gasteiger partial charge in [0.25, 0.3) is 0 Å². The third-order valence-electron chi connectivity index (χ3n) is 4.09. The lowest BCUT2D eigenvalue weighted by Gasteiger charge is -2.26. The molecule has 0 radical (unpaired) electrons. The van der Waals surface area contributed by atoms with E-state index in [9.17, 15) is 4.79 Å². The van der Waals surface area contributed by atoms with E-state index in [0.717, 1.165) is 19.6 Å². The monoisotopic (exact) mass is 261 g/mol. The van der Waals surface area contributed by atoms with Crippen molar-refractivity contribution in [2.24, 2.45) is 11.8 Å². The molecule has 0 spiro atoms. The van der Waals surface area contributed by atoms with Gasteiger partial charge in [-0.15, -0.1) is 0 Å². The fourth-order valence-corrected chi connectivity index (χ4v) is 2.80. The summed E-state index contributed by atoms with van der Waals surface area (Å²) in [4.78, 5) is 10.9. The molecule has 2 heterocycles. The van der Waals surface area contributed by atoms with Gasteiger partial charge in [-0.25, -0.2) is 0 Å². The molecule has 4 nitrogen and oxygen atoms in total. The number of ether oxygens (including phenoxy) is 1. The summed E-state index contributed by atoms with van der Waals surface area (Å²) in [7, 11) is 0. The number of hydrogen-bond donors (Lipinski definition) is 2. The van der Waals surface area contributed by atoms with Crippen LogP contribution in [0.15, 0.2) is 24.3 Å². The minimum absolute atomic E-state index is 0.183. The first kappa shape index (κ1) is 12.6. The molecule has 0 aliphatic carbocycles. The lowest BCUT2D eigenvalue weighted by Crippen LogP contribution is -2.29. The summed E-state index contributed by atoms with van der Waals surface area (Å²) >= 11 is 0. The molecule has 0 aromatic heterocycles. The highest BCUT2D eigenvalue weighted by Crippen LogP contribution is 2.28. The van der Waals surface area contributed by atoms with Crippen molar-refractivity contribution in [1.29, 1.82) is 0 Å². The van der Waals surface area contributed by atoms with Crippen LogP contribution in [0.4, 0.5) is 0 Å². The molecule has 3 rings (SSSR count). The molecule has 0 bridgehead atoms. The normalized spacial score (nSPS) is 27.2. The zero-order valence-corrected chi connectivity index (χ0v) is 10.8. The summed E-state index contributed by atoms with van der Waals surface area (Å²) in [5.41, 5.74) is 2.53.